The molecule has 100 valence electrons. The summed E-state index contributed by atoms with van der Waals surface area (Å²) in [4.78, 5) is 14.5. The highest BCUT2D eigenvalue weighted by atomic mass is 79.9. The van der Waals surface area contributed by atoms with E-state index >= 15 is 0 Å². The van der Waals surface area contributed by atoms with Crippen molar-refractivity contribution in [1.82, 2.24) is 4.90 Å². The number of ether oxygens (including phenoxy) is 1. The van der Waals surface area contributed by atoms with E-state index in [0.29, 0.717) is 37.5 Å². The summed E-state index contributed by atoms with van der Waals surface area (Å²) in [6.07, 6.45) is 1.16. The quantitative estimate of drug-likeness (QED) is 0.921. The van der Waals surface area contributed by atoms with Crippen LogP contribution in [0.4, 0.5) is 0 Å². The fourth-order valence-corrected chi connectivity index (χ4v) is 3.58. The Morgan fingerprint density at radius 1 is 1.61 bits per heavy atom. The predicted molar refractivity (Wildman–Crippen MR) is 74.0 cm³/mol. The second-order valence-electron chi connectivity index (χ2n) is 4.60. The first kappa shape index (κ1) is 14.0. The molecule has 0 spiro atoms. The Bertz CT molecular complexity index is 429. The maximum atomic E-state index is 12.2. The molecule has 0 aliphatic carbocycles. The molecule has 6 heteroatoms. The van der Waals surface area contributed by atoms with E-state index < -0.39 is 5.60 Å². The molecule has 0 aromatic carbocycles. The normalized spacial score (nSPS) is 18.6. The lowest BCUT2D eigenvalue weighted by Gasteiger charge is -2.35. The molecule has 2 heterocycles. The molecular formula is C12H16BrNO3S. The van der Waals surface area contributed by atoms with Gasteiger partial charge in [0.25, 0.3) is 5.91 Å². The predicted octanol–water partition coefficient (Wildman–Crippen LogP) is 2.12. The van der Waals surface area contributed by atoms with Crippen LogP contribution in [0.25, 0.3) is 0 Å². The Kier molecular flexibility index (Phi) is 4.42. The van der Waals surface area contributed by atoms with Crippen molar-refractivity contribution >= 4 is 33.2 Å². The molecule has 1 aromatic rings. The van der Waals surface area contributed by atoms with E-state index in [-0.39, 0.29) is 5.91 Å². The van der Waals surface area contributed by atoms with Gasteiger partial charge in [-0.25, -0.2) is 0 Å². The monoisotopic (exact) mass is 333 g/mol. The molecule has 1 fully saturated rings. The molecule has 1 aliphatic heterocycles. The number of likely N-dealkylation sites (N-methyl/N-ethyl adjacent to an activating group) is 1. The first-order valence-electron chi connectivity index (χ1n) is 5.80. The molecule has 18 heavy (non-hydrogen) atoms. The van der Waals surface area contributed by atoms with Crippen molar-refractivity contribution in [2.24, 2.45) is 0 Å². The van der Waals surface area contributed by atoms with E-state index in [2.05, 4.69) is 15.9 Å². The van der Waals surface area contributed by atoms with Gasteiger partial charge in [0, 0.05) is 44.1 Å². The minimum Gasteiger partial charge on any atom is -0.388 e. The van der Waals surface area contributed by atoms with Gasteiger partial charge in [-0.3, -0.25) is 4.79 Å². The summed E-state index contributed by atoms with van der Waals surface area (Å²) in [5.74, 6) is -0.0585. The van der Waals surface area contributed by atoms with E-state index in [1.807, 2.05) is 11.4 Å². The van der Waals surface area contributed by atoms with Crippen molar-refractivity contribution in [1.29, 1.82) is 0 Å². The molecule has 2 rings (SSSR count). The molecule has 0 unspecified atom stereocenters. The van der Waals surface area contributed by atoms with Gasteiger partial charge in [-0.15, -0.1) is 11.3 Å². The zero-order valence-corrected chi connectivity index (χ0v) is 12.6. The topological polar surface area (TPSA) is 49.8 Å². The van der Waals surface area contributed by atoms with Gasteiger partial charge in [-0.2, -0.15) is 0 Å². The van der Waals surface area contributed by atoms with Crippen LogP contribution in [-0.4, -0.2) is 48.3 Å². The molecule has 1 saturated heterocycles. The summed E-state index contributed by atoms with van der Waals surface area (Å²) in [7, 11) is 1.72. The van der Waals surface area contributed by atoms with Gasteiger partial charge in [0.1, 0.15) is 4.88 Å². The number of thiophene rings is 1. The third-order valence-electron chi connectivity index (χ3n) is 3.11. The largest absolute Gasteiger partial charge is 0.388 e. The lowest BCUT2D eigenvalue weighted by Crippen LogP contribution is -2.47. The first-order chi connectivity index (χ1) is 8.52. The average molecular weight is 334 g/mol. The number of rotatable bonds is 3. The number of hydrogen-bond acceptors (Lipinski definition) is 4. The van der Waals surface area contributed by atoms with Crippen LogP contribution < -0.4 is 0 Å². The molecule has 0 saturated carbocycles. The molecule has 0 radical (unpaired) electrons. The molecule has 1 aliphatic rings. The van der Waals surface area contributed by atoms with Crippen LogP contribution in [-0.2, 0) is 4.74 Å². The summed E-state index contributed by atoms with van der Waals surface area (Å²) in [6, 6.07) is 1.86. The number of halogens is 1. The number of nitrogens with zero attached hydrogens (tertiary/aromatic N) is 1. The summed E-state index contributed by atoms with van der Waals surface area (Å²) in [5, 5.41) is 12.2. The van der Waals surface area contributed by atoms with Gasteiger partial charge in [0.15, 0.2) is 0 Å². The van der Waals surface area contributed by atoms with Crippen LogP contribution in [0.3, 0.4) is 0 Å². The fourth-order valence-electron chi connectivity index (χ4n) is 2.04. The van der Waals surface area contributed by atoms with Crippen LogP contribution in [0.15, 0.2) is 15.9 Å². The first-order valence-corrected chi connectivity index (χ1v) is 7.48. The van der Waals surface area contributed by atoms with E-state index in [1.54, 1.807) is 11.9 Å². The molecule has 0 atom stereocenters. The van der Waals surface area contributed by atoms with Gasteiger partial charge in [-0.1, -0.05) is 0 Å². The van der Waals surface area contributed by atoms with Gasteiger partial charge < -0.3 is 14.7 Å². The van der Waals surface area contributed by atoms with Crippen LogP contribution >= 0.6 is 27.3 Å². The molecule has 4 nitrogen and oxygen atoms in total. The maximum absolute atomic E-state index is 12.2. The maximum Gasteiger partial charge on any atom is 0.264 e. The minimum atomic E-state index is -0.813. The third-order valence-corrected chi connectivity index (χ3v) is 4.94. The fraction of sp³-hybridized carbons (Fsp3) is 0.583. The number of carbonyl (C=O) groups is 1. The SMILES string of the molecule is CN(CC1(O)CCOCC1)C(=O)c1sccc1Br. The van der Waals surface area contributed by atoms with E-state index in [4.69, 9.17) is 4.74 Å². The molecule has 1 amide bonds. The van der Waals surface area contributed by atoms with Gasteiger partial charge in [0.2, 0.25) is 0 Å². The number of aliphatic hydroxyl groups is 1. The lowest BCUT2D eigenvalue weighted by atomic mass is 9.94. The van der Waals surface area contributed by atoms with Crippen LogP contribution in [0.5, 0.6) is 0 Å². The molecule has 0 bridgehead atoms. The average Bonchev–Trinajstić information content (AvgIpc) is 2.74. The van der Waals surface area contributed by atoms with Crippen LogP contribution in [0, 0.1) is 0 Å². The van der Waals surface area contributed by atoms with Gasteiger partial charge >= 0.3 is 0 Å². The van der Waals surface area contributed by atoms with Crippen molar-refractivity contribution < 1.29 is 14.6 Å². The zero-order valence-electron chi connectivity index (χ0n) is 10.2. The van der Waals surface area contributed by atoms with Gasteiger partial charge in [0.05, 0.1) is 5.60 Å². The Labute approximate surface area is 119 Å². The van der Waals surface area contributed by atoms with Gasteiger partial charge in [-0.05, 0) is 27.4 Å². The Morgan fingerprint density at radius 3 is 2.83 bits per heavy atom. The zero-order chi connectivity index (χ0) is 13.2. The van der Waals surface area contributed by atoms with E-state index in [1.165, 1.54) is 11.3 Å². The second kappa shape index (κ2) is 5.69. The van der Waals surface area contributed by atoms with E-state index in [0.717, 1.165) is 4.47 Å². The summed E-state index contributed by atoms with van der Waals surface area (Å²) in [6.45, 7) is 1.46. The smallest absolute Gasteiger partial charge is 0.264 e. The highest BCUT2D eigenvalue weighted by molar-refractivity contribution is 9.10. The second-order valence-corrected chi connectivity index (χ2v) is 6.37. The molecule has 1 aromatic heterocycles. The van der Waals surface area contributed by atoms with Crippen LogP contribution in [0.2, 0.25) is 0 Å². The Balaban J connectivity index is 2.01. The summed E-state index contributed by atoms with van der Waals surface area (Å²) < 4.78 is 6.04. The Morgan fingerprint density at radius 2 is 2.28 bits per heavy atom. The van der Waals surface area contributed by atoms with Crippen molar-refractivity contribution in [3.8, 4) is 0 Å². The van der Waals surface area contributed by atoms with Crippen molar-refractivity contribution in [2.75, 3.05) is 26.8 Å². The molecular weight excluding hydrogens is 318 g/mol. The van der Waals surface area contributed by atoms with Crippen molar-refractivity contribution in [3.63, 3.8) is 0 Å². The number of amides is 1. The van der Waals surface area contributed by atoms with Crippen molar-refractivity contribution in [3.05, 3.63) is 20.8 Å². The summed E-state index contributed by atoms with van der Waals surface area (Å²) in [5.41, 5.74) is -0.813. The highest BCUT2D eigenvalue weighted by Crippen LogP contribution is 2.26. The Hall–Kier alpha value is -0.430. The van der Waals surface area contributed by atoms with Crippen LogP contribution in [0.1, 0.15) is 22.5 Å². The highest BCUT2D eigenvalue weighted by Gasteiger charge is 2.33. The standard InChI is InChI=1S/C12H16BrNO3S/c1-14(8-12(16)3-5-17-6-4-12)11(15)10-9(13)2-7-18-10/h2,7,16H,3-6,8H2,1H3. The third kappa shape index (κ3) is 3.12. The lowest BCUT2D eigenvalue weighted by molar-refractivity contribution is -0.0734. The van der Waals surface area contributed by atoms with Crippen molar-refractivity contribution in [2.45, 2.75) is 18.4 Å². The minimum absolute atomic E-state index is 0.0585. The summed E-state index contributed by atoms with van der Waals surface area (Å²) >= 11 is 4.76. The van der Waals surface area contributed by atoms with E-state index in [9.17, 15) is 9.90 Å². The number of hydrogen-bond donors (Lipinski definition) is 1. The molecule has 1 N–H and O–H groups in total. The number of carbonyl (C=O) groups excluding carboxylic acids is 1.